The van der Waals surface area contributed by atoms with Gasteiger partial charge in [0.1, 0.15) is 11.6 Å². The van der Waals surface area contributed by atoms with Gasteiger partial charge < -0.3 is 10.6 Å². The molecule has 1 heterocycles. The van der Waals surface area contributed by atoms with E-state index in [2.05, 4.69) is 20.6 Å². The lowest BCUT2D eigenvalue weighted by Gasteiger charge is -2.10. The third-order valence-electron chi connectivity index (χ3n) is 3.15. The number of nitrogens with one attached hydrogen (secondary N) is 2. The van der Waals surface area contributed by atoms with E-state index in [-0.39, 0.29) is 5.82 Å². The molecule has 7 heteroatoms. The van der Waals surface area contributed by atoms with Gasteiger partial charge >= 0.3 is 0 Å². The van der Waals surface area contributed by atoms with E-state index in [1.54, 1.807) is 36.4 Å². The van der Waals surface area contributed by atoms with Gasteiger partial charge in [-0.25, -0.2) is 9.37 Å². The fraction of sp³-hybridized carbons (Fsp3) is 0.0588. The van der Waals surface area contributed by atoms with Crippen molar-refractivity contribution in [3.8, 4) is 0 Å². The lowest BCUT2D eigenvalue weighted by Crippen LogP contribution is -2.02. The standard InChI is InChI=1S/C17H13Cl2FN4/c1-10-8-16(22-13-6-7-14(18)15(19)9-13)24-17(21-10)23-12-4-2-11(20)3-5-12/h2-9H,1H3,(H2,21,22,23,24). The van der Waals surface area contributed by atoms with Crippen LogP contribution in [0.3, 0.4) is 0 Å². The van der Waals surface area contributed by atoms with E-state index < -0.39 is 0 Å². The van der Waals surface area contributed by atoms with Gasteiger partial charge in [-0.15, -0.1) is 0 Å². The summed E-state index contributed by atoms with van der Waals surface area (Å²) in [5, 5.41) is 7.14. The van der Waals surface area contributed by atoms with E-state index >= 15 is 0 Å². The molecule has 0 saturated carbocycles. The highest BCUT2D eigenvalue weighted by atomic mass is 35.5. The second-order valence-corrected chi connectivity index (χ2v) is 5.92. The number of benzene rings is 2. The van der Waals surface area contributed by atoms with Gasteiger partial charge in [0.2, 0.25) is 5.95 Å². The topological polar surface area (TPSA) is 49.8 Å². The molecule has 3 rings (SSSR count). The lowest BCUT2D eigenvalue weighted by molar-refractivity contribution is 0.628. The second kappa shape index (κ2) is 7.03. The van der Waals surface area contributed by atoms with Gasteiger partial charge in [0.25, 0.3) is 0 Å². The maximum Gasteiger partial charge on any atom is 0.229 e. The minimum absolute atomic E-state index is 0.298. The van der Waals surface area contributed by atoms with Gasteiger partial charge in [-0.3, -0.25) is 0 Å². The molecular formula is C17H13Cl2FN4. The smallest absolute Gasteiger partial charge is 0.229 e. The molecule has 2 aromatic carbocycles. The number of aromatic nitrogens is 2. The van der Waals surface area contributed by atoms with Crippen LogP contribution in [-0.2, 0) is 0 Å². The first-order valence-electron chi connectivity index (χ1n) is 7.10. The Morgan fingerprint density at radius 3 is 2.25 bits per heavy atom. The molecule has 3 aromatic rings. The number of rotatable bonds is 4. The first-order chi connectivity index (χ1) is 11.5. The zero-order valence-electron chi connectivity index (χ0n) is 12.6. The Kier molecular flexibility index (Phi) is 4.83. The average Bonchev–Trinajstić information content (AvgIpc) is 2.53. The molecule has 24 heavy (non-hydrogen) atoms. The normalized spacial score (nSPS) is 10.5. The largest absolute Gasteiger partial charge is 0.340 e. The fourth-order valence-corrected chi connectivity index (χ4v) is 2.37. The monoisotopic (exact) mass is 362 g/mol. The highest BCUT2D eigenvalue weighted by Gasteiger charge is 2.05. The highest BCUT2D eigenvalue weighted by Crippen LogP contribution is 2.27. The average molecular weight is 363 g/mol. The lowest BCUT2D eigenvalue weighted by atomic mass is 10.3. The maximum atomic E-state index is 13.0. The van der Waals surface area contributed by atoms with Crippen LogP contribution >= 0.6 is 23.2 Å². The zero-order valence-corrected chi connectivity index (χ0v) is 14.2. The number of hydrogen-bond acceptors (Lipinski definition) is 4. The van der Waals surface area contributed by atoms with Crippen molar-refractivity contribution in [3.63, 3.8) is 0 Å². The molecule has 0 amide bonds. The fourth-order valence-electron chi connectivity index (χ4n) is 2.07. The minimum atomic E-state index is -0.298. The second-order valence-electron chi connectivity index (χ2n) is 5.10. The van der Waals surface area contributed by atoms with Gasteiger partial charge in [-0.05, 0) is 49.4 Å². The summed E-state index contributed by atoms with van der Waals surface area (Å²) in [6.07, 6.45) is 0. The van der Waals surface area contributed by atoms with Gasteiger partial charge in [0, 0.05) is 23.1 Å². The van der Waals surface area contributed by atoms with Crippen molar-refractivity contribution < 1.29 is 4.39 Å². The molecule has 0 spiro atoms. The first kappa shape index (κ1) is 16.5. The summed E-state index contributed by atoms with van der Waals surface area (Å²) in [5.41, 5.74) is 2.23. The van der Waals surface area contributed by atoms with Gasteiger partial charge in [0.05, 0.1) is 10.0 Å². The van der Waals surface area contributed by atoms with Gasteiger partial charge in [0.15, 0.2) is 0 Å². The minimum Gasteiger partial charge on any atom is -0.340 e. The van der Waals surface area contributed by atoms with E-state index in [0.717, 1.165) is 11.4 Å². The van der Waals surface area contributed by atoms with E-state index in [1.165, 1.54) is 12.1 Å². The summed E-state index contributed by atoms with van der Waals surface area (Å²) in [4.78, 5) is 8.72. The summed E-state index contributed by atoms with van der Waals surface area (Å²) < 4.78 is 13.0. The molecule has 0 aliphatic heterocycles. The van der Waals surface area contributed by atoms with Crippen LogP contribution in [0.4, 0.5) is 27.5 Å². The Morgan fingerprint density at radius 1 is 0.833 bits per heavy atom. The Labute approximate surface area is 148 Å². The van der Waals surface area contributed by atoms with Crippen LogP contribution in [-0.4, -0.2) is 9.97 Å². The van der Waals surface area contributed by atoms with Crippen LogP contribution in [0.25, 0.3) is 0 Å². The molecule has 0 aliphatic rings. The van der Waals surface area contributed by atoms with Crippen molar-refractivity contribution in [1.29, 1.82) is 0 Å². The summed E-state index contributed by atoms with van der Waals surface area (Å²) in [7, 11) is 0. The Hall–Kier alpha value is -2.37. The predicted molar refractivity (Wildman–Crippen MR) is 96.2 cm³/mol. The van der Waals surface area contributed by atoms with E-state index in [0.29, 0.717) is 27.5 Å². The summed E-state index contributed by atoms with van der Waals surface area (Å²) in [5.74, 6) is 0.711. The molecule has 0 radical (unpaired) electrons. The van der Waals surface area contributed by atoms with E-state index in [9.17, 15) is 4.39 Å². The van der Waals surface area contributed by atoms with Crippen molar-refractivity contribution in [2.75, 3.05) is 10.6 Å². The SMILES string of the molecule is Cc1cc(Nc2ccc(Cl)c(Cl)c2)nc(Nc2ccc(F)cc2)n1. The van der Waals surface area contributed by atoms with Crippen LogP contribution in [0.15, 0.2) is 48.5 Å². The van der Waals surface area contributed by atoms with E-state index in [4.69, 9.17) is 23.2 Å². The van der Waals surface area contributed by atoms with Crippen LogP contribution < -0.4 is 10.6 Å². The zero-order chi connectivity index (χ0) is 17.1. The first-order valence-corrected chi connectivity index (χ1v) is 7.85. The molecule has 0 atom stereocenters. The molecule has 0 bridgehead atoms. The highest BCUT2D eigenvalue weighted by molar-refractivity contribution is 6.42. The van der Waals surface area contributed by atoms with Crippen LogP contribution in [0.5, 0.6) is 0 Å². The summed E-state index contributed by atoms with van der Waals surface area (Å²) >= 11 is 11.9. The van der Waals surface area contributed by atoms with Crippen molar-refractivity contribution in [3.05, 3.63) is 70.1 Å². The van der Waals surface area contributed by atoms with Crippen LogP contribution in [0.2, 0.25) is 10.0 Å². The molecule has 0 aliphatic carbocycles. The Balaban J connectivity index is 1.82. The third-order valence-corrected chi connectivity index (χ3v) is 3.89. The number of nitrogens with zero attached hydrogens (tertiary/aromatic N) is 2. The quantitative estimate of drug-likeness (QED) is 0.623. The Bertz CT molecular complexity index is 869. The maximum absolute atomic E-state index is 13.0. The van der Waals surface area contributed by atoms with E-state index in [1.807, 2.05) is 6.92 Å². The van der Waals surface area contributed by atoms with Crippen molar-refractivity contribution in [2.45, 2.75) is 6.92 Å². The Morgan fingerprint density at radius 2 is 1.54 bits per heavy atom. The summed E-state index contributed by atoms with van der Waals surface area (Å²) in [6, 6.07) is 13.0. The number of anilines is 4. The van der Waals surface area contributed by atoms with Gasteiger partial charge in [-0.2, -0.15) is 4.98 Å². The van der Waals surface area contributed by atoms with Gasteiger partial charge in [-0.1, -0.05) is 23.2 Å². The van der Waals surface area contributed by atoms with Crippen LogP contribution in [0, 0.1) is 12.7 Å². The van der Waals surface area contributed by atoms with Crippen molar-refractivity contribution in [2.24, 2.45) is 0 Å². The molecule has 4 nitrogen and oxygen atoms in total. The summed E-state index contributed by atoms with van der Waals surface area (Å²) in [6.45, 7) is 1.86. The molecule has 0 fully saturated rings. The van der Waals surface area contributed by atoms with Crippen molar-refractivity contribution >= 4 is 46.3 Å². The number of hydrogen-bond donors (Lipinski definition) is 2. The third kappa shape index (κ3) is 4.13. The van der Waals surface area contributed by atoms with Crippen LogP contribution in [0.1, 0.15) is 5.69 Å². The molecular weight excluding hydrogens is 350 g/mol. The predicted octanol–water partition coefficient (Wildman–Crippen LogP) is 5.72. The number of aryl methyl sites for hydroxylation is 1. The molecule has 2 N–H and O–H groups in total. The molecule has 122 valence electrons. The molecule has 0 unspecified atom stereocenters. The molecule has 0 saturated heterocycles. The van der Waals surface area contributed by atoms with Crippen molar-refractivity contribution in [1.82, 2.24) is 9.97 Å². The molecule has 1 aromatic heterocycles. The number of halogens is 3.